The number of nitrogens with zero attached hydrogens (tertiary/aromatic N) is 3. The Bertz CT molecular complexity index is 486. The number of rotatable bonds is 6. The van der Waals surface area contributed by atoms with Crippen molar-refractivity contribution in [2.24, 2.45) is 7.05 Å². The minimum absolute atomic E-state index is 0.186. The molecule has 0 atom stereocenters. The average molecular weight is 283 g/mol. The third-order valence-electron chi connectivity index (χ3n) is 2.73. The molecule has 0 aliphatic heterocycles. The molecule has 1 aromatic rings. The van der Waals surface area contributed by atoms with Crippen LogP contribution in [0.1, 0.15) is 32.0 Å². The number of hydrogen-bond acceptors (Lipinski definition) is 4. The lowest BCUT2D eigenvalue weighted by Crippen LogP contribution is -2.34. The summed E-state index contributed by atoms with van der Waals surface area (Å²) in [5.41, 5.74) is 1.51. The Morgan fingerprint density at radius 1 is 1.25 bits per heavy atom. The molecule has 7 heteroatoms. The summed E-state index contributed by atoms with van der Waals surface area (Å²) < 4.78 is 1.66. The van der Waals surface area contributed by atoms with Gasteiger partial charge in [-0.1, -0.05) is 20.8 Å². The van der Waals surface area contributed by atoms with E-state index in [-0.39, 0.29) is 25.0 Å². The Kier molecular flexibility index (Phi) is 4.88. The maximum atomic E-state index is 10.8. The van der Waals surface area contributed by atoms with Crippen molar-refractivity contribution in [1.29, 1.82) is 0 Å². The van der Waals surface area contributed by atoms with E-state index in [0.717, 1.165) is 11.3 Å². The highest BCUT2D eigenvalue weighted by atomic mass is 16.4. The molecule has 112 valence electrons. The van der Waals surface area contributed by atoms with Crippen LogP contribution < -0.4 is 0 Å². The van der Waals surface area contributed by atoms with Gasteiger partial charge in [0.1, 0.15) is 0 Å². The first kappa shape index (κ1) is 16.2. The van der Waals surface area contributed by atoms with Crippen LogP contribution >= 0.6 is 0 Å². The summed E-state index contributed by atoms with van der Waals surface area (Å²) in [7, 11) is 1.79. The third-order valence-corrected chi connectivity index (χ3v) is 2.73. The van der Waals surface area contributed by atoms with Gasteiger partial charge in [-0.05, 0) is 0 Å². The van der Waals surface area contributed by atoms with E-state index in [4.69, 9.17) is 10.2 Å². The molecule has 1 heterocycles. The average Bonchev–Trinajstić information content (AvgIpc) is 2.56. The van der Waals surface area contributed by atoms with Crippen LogP contribution in [0.15, 0.2) is 6.20 Å². The Morgan fingerprint density at radius 2 is 1.75 bits per heavy atom. The molecule has 20 heavy (non-hydrogen) atoms. The van der Waals surface area contributed by atoms with E-state index in [1.807, 2.05) is 20.8 Å². The zero-order chi connectivity index (χ0) is 15.5. The largest absolute Gasteiger partial charge is 0.480 e. The summed E-state index contributed by atoms with van der Waals surface area (Å²) in [6.45, 7) is 5.65. The molecule has 0 spiro atoms. The van der Waals surface area contributed by atoms with Crippen molar-refractivity contribution in [2.75, 3.05) is 13.1 Å². The maximum Gasteiger partial charge on any atom is 0.317 e. The Balaban J connectivity index is 2.98. The first-order valence-corrected chi connectivity index (χ1v) is 6.28. The second-order valence-electron chi connectivity index (χ2n) is 5.86. The monoisotopic (exact) mass is 283 g/mol. The van der Waals surface area contributed by atoms with E-state index in [1.54, 1.807) is 17.9 Å². The fourth-order valence-corrected chi connectivity index (χ4v) is 2.08. The second-order valence-corrected chi connectivity index (χ2v) is 5.86. The van der Waals surface area contributed by atoms with Crippen LogP contribution in [0.2, 0.25) is 0 Å². The number of hydrogen-bond donors (Lipinski definition) is 2. The molecule has 0 saturated heterocycles. The number of carboxylic acid groups (broad SMARTS) is 2. The first-order valence-electron chi connectivity index (χ1n) is 6.28. The van der Waals surface area contributed by atoms with Crippen LogP contribution in [0.4, 0.5) is 0 Å². The number of carboxylic acids is 2. The van der Waals surface area contributed by atoms with E-state index in [0.29, 0.717) is 0 Å². The lowest BCUT2D eigenvalue weighted by molar-refractivity contribution is -0.142. The van der Waals surface area contributed by atoms with E-state index < -0.39 is 11.9 Å². The van der Waals surface area contributed by atoms with Crippen LogP contribution in [0.25, 0.3) is 0 Å². The van der Waals surface area contributed by atoms with Gasteiger partial charge in [-0.3, -0.25) is 19.2 Å². The molecule has 0 amide bonds. The van der Waals surface area contributed by atoms with Crippen molar-refractivity contribution in [3.8, 4) is 0 Å². The molecule has 0 aliphatic carbocycles. The van der Waals surface area contributed by atoms with E-state index in [9.17, 15) is 9.59 Å². The predicted molar refractivity (Wildman–Crippen MR) is 72.5 cm³/mol. The Labute approximate surface area is 117 Å². The molecular formula is C13H21N3O4. The van der Waals surface area contributed by atoms with Gasteiger partial charge in [0.05, 0.1) is 18.8 Å². The fourth-order valence-electron chi connectivity index (χ4n) is 2.08. The maximum absolute atomic E-state index is 10.8. The van der Waals surface area contributed by atoms with Crippen LogP contribution in [-0.2, 0) is 28.6 Å². The Morgan fingerprint density at radius 3 is 2.15 bits per heavy atom. The summed E-state index contributed by atoms with van der Waals surface area (Å²) in [6.07, 6.45) is 1.80. The summed E-state index contributed by atoms with van der Waals surface area (Å²) in [5.74, 6) is -2.10. The molecular weight excluding hydrogens is 262 g/mol. The van der Waals surface area contributed by atoms with Crippen molar-refractivity contribution < 1.29 is 19.8 Å². The minimum atomic E-state index is -1.05. The zero-order valence-corrected chi connectivity index (χ0v) is 12.3. The third kappa shape index (κ3) is 4.65. The number of aryl methyl sites for hydroxylation is 1. The molecule has 0 aliphatic rings. The molecule has 0 unspecified atom stereocenters. The fraction of sp³-hybridized carbons (Fsp3) is 0.615. The summed E-state index contributed by atoms with van der Waals surface area (Å²) in [4.78, 5) is 23.0. The molecule has 0 bridgehead atoms. The molecule has 1 aromatic heterocycles. The molecule has 1 rings (SSSR count). The summed E-state index contributed by atoms with van der Waals surface area (Å²) in [6, 6.07) is 0. The van der Waals surface area contributed by atoms with Gasteiger partial charge in [0.25, 0.3) is 0 Å². The molecule has 0 fully saturated rings. The summed E-state index contributed by atoms with van der Waals surface area (Å²) in [5, 5.41) is 22.1. The van der Waals surface area contributed by atoms with Crippen molar-refractivity contribution in [3.05, 3.63) is 17.5 Å². The number of aliphatic carboxylic acids is 2. The second kappa shape index (κ2) is 6.04. The Hall–Kier alpha value is -1.89. The van der Waals surface area contributed by atoms with Crippen LogP contribution in [0, 0.1) is 0 Å². The standard InChI is InChI=1S/C13H21N3O4/c1-13(2,3)12-9(5-15(4)14-12)6-16(7-10(17)18)8-11(19)20/h5H,6-8H2,1-4H3,(H,17,18)(H,19,20). The predicted octanol–water partition coefficient (Wildman–Crippen LogP) is 0.689. The number of carbonyl (C=O) groups is 2. The van der Waals surface area contributed by atoms with E-state index in [2.05, 4.69) is 5.10 Å². The molecule has 0 radical (unpaired) electrons. The van der Waals surface area contributed by atoms with Crippen molar-refractivity contribution >= 4 is 11.9 Å². The molecule has 0 saturated carbocycles. The van der Waals surface area contributed by atoms with Gasteiger partial charge in [0, 0.05) is 30.8 Å². The highest BCUT2D eigenvalue weighted by molar-refractivity contribution is 5.72. The van der Waals surface area contributed by atoms with Crippen molar-refractivity contribution in [1.82, 2.24) is 14.7 Å². The van der Waals surface area contributed by atoms with Crippen LogP contribution in [0.3, 0.4) is 0 Å². The van der Waals surface area contributed by atoms with Gasteiger partial charge in [-0.15, -0.1) is 0 Å². The lowest BCUT2D eigenvalue weighted by atomic mass is 9.89. The van der Waals surface area contributed by atoms with Gasteiger partial charge in [0.15, 0.2) is 0 Å². The van der Waals surface area contributed by atoms with Crippen molar-refractivity contribution in [3.63, 3.8) is 0 Å². The lowest BCUT2D eigenvalue weighted by Gasteiger charge is -2.21. The van der Waals surface area contributed by atoms with Crippen LogP contribution in [0.5, 0.6) is 0 Å². The van der Waals surface area contributed by atoms with Crippen LogP contribution in [-0.4, -0.2) is 49.9 Å². The van der Waals surface area contributed by atoms with Crippen molar-refractivity contribution in [2.45, 2.75) is 32.7 Å². The molecule has 2 N–H and O–H groups in total. The van der Waals surface area contributed by atoms with Gasteiger partial charge in [-0.25, -0.2) is 0 Å². The zero-order valence-electron chi connectivity index (χ0n) is 12.3. The summed E-state index contributed by atoms with van der Waals surface area (Å²) >= 11 is 0. The van der Waals surface area contributed by atoms with E-state index >= 15 is 0 Å². The normalized spacial score (nSPS) is 11.8. The van der Waals surface area contributed by atoms with Gasteiger partial charge in [-0.2, -0.15) is 5.10 Å². The topological polar surface area (TPSA) is 95.7 Å². The smallest absolute Gasteiger partial charge is 0.317 e. The molecule has 7 nitrogen and oxygen atoms in total. The van der Waals surface area contributed by atoms with E-state index in [1.165, 1.54) is 4.90 Å². The quantitative estimate of drug-likeness (QED) is 0.797. The number of aromatic nitrogens is 2. The first-order chi connectivity index (χ1) is 9.09. The van der Waals surface area contributed by atoms with Gasteiger partial charge in [0.2, 0.25) is 0 Å². The SMILES string of the molecule is Cn1cc(CN(CC(=O)O)CC(=O)O)c(C(C)(C)C)n1. The highest BCUT2D eigenvalue weighted by Gasteiger charge is 2.24. The highest BCUT2D eigenvalue weighted by Crippen LogP contribution is 2.25. The van der Waals surface area contributed by atoms with Gasteiger partial charge < -0.3 is 10.2 Å². The molecule has 0 aromatic carbocycles. The minimum Gasteiger partial charge on any atom is -0.480 e. The van der Waals surface area contributed by atoms with Gasteiger partial charge >= 0.3 is 11.9 Å².